The molecule has 1 atom stereocenters. The molecule has 3 aliphatic rings. The summed E-state index contributed by atoms with van der Waals surface area (Å²) < 4.78 is 6.23. The van der Waals surface area contributed by atoms with Crippen LogP contribution in [0.1, 0.15) is 51.0 Å². The Labute approximate surface area is 167 Å². The van der Waals surface area contributed by atoms with Crippen molar-refractivity contribution in [3.05, 3.63) is 35.9 Å². The Balaban J connectivity index is 1.30. The highest BCUT2D eigenvalue weighted by Gasteiger charge is 2.45. The Morgan fingerprint density at radius 1 is 1.14 bits per heavy atom. The number of urea groups is 1. The van der Waals surface area contributed by atoms with Crippen molar-refractivity contribution in [2.45, 2.75) is 69.7 Å². The first-order valence-electron chi connectivity index (χ1n) is 10.6. The molecule has 1 unspecified atom stereocenters. The van der Waals surface area contributed by atoms with Gasteiger partial charge in [0, 0.05) is 45.2 Å². The van der Waals surface area contributed by atoms with Gasteiger partial charge in [0.2, 0.25) is 5.91 Å². The smallest absolute Gasteiger partial charge is 0.317 e. The molecule has 0 radical (unpaired) electrons. The van der Waals surface area contributed by atoms with Crippen LogP contribution in [0.2, 0.25) is 0 Å². The third-order valence-corrected chi connectivity index (χ3v) is 6.41. The minimum atomic E-state index is -0.179. The van der Waals surface area contributed by atoms with Gasteiger partial charge in [-0.1, -0.05) is 30.3 Å². The number of amides is 3. The lowest BCUT2D eigenvalue weighted by atomic mass is 9.81. The zero-order valence-corrected chi connectivity index (χ0v) is 16.7. The van der Waals surface area contributed by atoms with E-state index in [2.05, 4.69) is 10.2 Å². The van der Waals surface area contributed by atoms with Crippen molar-refractivity contribution in [3.8, 4) is 0 Å². The van der Waals surface area contributed by atoms with Gasteiger partial charge < -0.3 is 19.9 Å². The SMILES string of the molecule is CC(=O)N(C1CC1)C1CCOC2(CCN(C(=O)NCc3ccccc3)CC2)C1. The summed E-state index contributed by atoms with van der Waals surface area (Å²) in [6.07, 6.45) is 5.80. The number of likely N-dealkylation sites (tertiary alicyclic amines) is 1. The summed E-state index contributed by atoms with van der Waals surface area (Å²) in [5, 5.41) is 3.02. The number of hydrogen-bond donors (Lipinski definition) is 1. The predicted molar refractivity (Wildman–Crippen MR) is 107 cm³/mol. The van der Waals surface area contributed by atoms with Crippen LogP contribution >= 0.6 is 0 Å². The maximum Gasteiger partial charge on any atom is 0.317 e. The molecule has 2 aliphatic heterocycles. The minimum absolute atomic E-state index is 0.00518. The van der Waals surface area contributed by atoms with Gasteiger partial charge in [-0.25, -0.2) is 4.79 Å². The quantitative estimate of drug-likeness (QED) is 0.867. The number of benzene rings is 1. The van der Waals surface area contributed by atoms with Crippen molar-refractivity contribution in [1.29, 1.82) is 0 Å². The lowest BCUT2D eigenvalue weighted by Gasteiger charge is -2.48. The van der Waals surface area contributed by atoms with Gasteiger partial charge in [-0.05, 0) is 44.1 Å². The van der Waals surface area contributed by atoms with Gasteiger partial charge in [0.1, 0.15) is 0 Å². The van der Waals surface area contributed by atoms with Crippen LogP contribution in [-0.4, -0.2) is 59.1 Å². The molecule has 28 heavy (non-hydrogen) atoms. The number of piperidine rings is 1. The second-order valence-corrected chi connectivity index (χ2v) is 8.47. The molecule has 0 bridgehead atoms. The highest BCUT2D eigenvalue weighted by Crippen LogP contribution is 2.40. The Hall–Kier alpha value is -2.08. The van der Waals surface area contributed by atoms with Crippen LogP contribution in [0, 0.1) is 0 Å². The molecule has 1 aromatic carbocycles. The largest absolute Gasteiger partial charge is 0.375 e. The van der Waals surface area contributed by atoms with E-state index >= 15 is 0 Å². The predicted octanol–water partition coefficient (Wildman–Crippen LogP) is 2.92. The lowest BCUT2D eigenvalue weighted by Crippen LogP contribution is -2.56. The van der Waals surface area contributed by atoms with E-state index in [0.29, 0.717) is 32.3 Å². The first-order chi connectivity index (χ1) is 13.6. The Morgan fingerprint density at radius 2 is 1.86 bits per heavy atom. The normalized spacial score (nSPS) is 24.0. The number of nitrogens with one attached hydrogen (secondary N) is 1. The number of nitrogens with zero attached hydrogens (tertiary/aromatic N) is 2. The minimum Gasteiger partial charge on any atom is -0.375 e. The molecule has 152 valence electrons. The van der Waals surface area contributed by atoms with Gasteiger partial charge in [0.25, 0.3) is 0 Å². The molecule has 1 saturated carbocycles. The third-order valence-electron chi connectivity index (χ3n) is 6.41. The Kier molecular flexibility index (Phi) is 5.58. The fourth-order valence-corrected chi connectivity index (χ4v) is 4.76. The number of carbonyl (C=O) groups is 2. The highest BCUT2D eigenvalue weighted by molar-refractivity contribution is 5.75. The van der Waals surface area contributed by atoms with E-state index in [1.807, 2.05) is 35.2 Å². The van der Waals surface area contributed by atoms with Crippen LogP contribution in [0.5, 0.6) is 0 Å². The molecule has 1 N–H and O–H groups in total. The van der Waals surface area contributed by atoms with Crippen molar-refractivity contribution in [2.24, 2.45) is 0 Å². The van der Waals surface area contributed by atoms with Crippen molar-refractivity contribution >= 4 is 11.9 Å². The molecule has 3 amide bonds. The molecule has 2 heterocycles. The molecule has 2 saturated heterocycles. The van der Waals surface area contributed by atoms with Crippen LogP contribution in [0.4, 0.5) is 4.79 Å². The van der Waals surface area contributed by atoms with E-state index in [9.17, 15) is 9.59 Å². The first kappa shape index (κ1) is 19.2. The van der Waals surface area contributed by atoms with Crippen molar-refractivity contribution < 1.29 is 14.3 Å². The van der Waals surface area contributed by atoms with Crippen molar-refractivity contribution in [2.75, 3.05) is 19.7 Å². The number of hydrogen-bond acceptors (Lipinski definition) is 3. The zero-order chi connectivity index (χ0) is 19.6. The zero-order valence-electron chi connectivity index (χ0n) is 16.7. The third kappa shape index (κ3) is 4.32. The molecule has 3 fully saturated rings. The maximum atomic E-state index is 12.5. The van der Waals surface area contributed by atoms with Gasteiger partial charge in [0.05, 0.1) is 5.60 Å². The van der Waals surface area contributed by atoms with E-state index < -0.39 is 0 Å². The molecule has 6 nitrogen and oxygen atoms in total. The Bertz CT molecular complexity index is 696. The highest BCUT2D eigenvalue weighted by atomic mass is 16.5. The van der Waals surface area contributed by atoms with Crippen LogP contribution in [-0.2, 0) is 16.1 Å². The maximum absolute atomic E-state index is 12.5. The fourth-order valence-electron chi connectivity index (χ4n) is 4.76. The van der Waals surface area contributed by atoms with Crippen LogP contribution in [0.3, 0.4) is 0 Å². The monoisotopic (exact) mass is 385 g/mol. The van der Waals surface area contributed by atoms with E-state index in [4.69, 9.17) is 4.74 Å². The van der Waals surface area contributed by atoms with Gasteiger partial charge in [0.15, 0.2) is 0 Å². The number of rotatable bonds is 4. The van der Waals surface area contributed by atoms with E-state index in [1.54, 1.807) is 6.92 Å². The molecule has 6 heteroatoms. The molecule has 1 spiro atoms. The average molecular weight is 386 g/mol. The molecule has 0 aromatic heterocycles. The summed E-state index contributed by atoms with van der Waals surface area (Å²) in [6, 6.07) is 10.7. The standard InChI is InChI=1S/C22H31N3O3/c1-17(26)25(19-7-8-19)20-9-14-28-22(15-20)10-12-24(13-11-22)21(27)23-16-18-5-3-2-4-6-18/h2-6,19-20H,7-16H2,1H3,(H,23,27). The molecular formula is C22H31N3O3. The summed E-state index contributed by atoms with van der Waals surface area (Å²) in [5.74, 6) is 0.197. The average Bonchev–Trinajstić information content (AvgIpc) is 3.52. The molecule has 1 aromatic rings. The van der Waals surface area contributed by atoms with Gasteiger partial charge in [-0.3, -0.25) is 4.79 Å². The second kappa shape index (κ2) is 8.11. The van der Waals surface area contributed by atoms with Crippen LogP contribution < -0.4 is 5.32 Å². The van der Waals surface area contributed by atoms with Gasteiger partial charge >= 0.3 is 6.03 Å². The Morgan fingerprint density at radius 3 is 2.50 bits per heavy atom. The molecule has 4 rings (SSSR count). The summed E-state index contributed by atoms with van der Waals surface area (Å²) in [7, 11) is 0. The van der Waals surface area contributed by atoms with E-state index in [-0.39, 0.29) is 23.6 Å². The number of carbonyl (C=O) groups excluding carboxylic acids is 2. The second-order valence-electron chi connectivity index (χ2n) is 8.47. The summed E-state index contributed by atoms with van der Waals surface area (Å²) in [6.45, 7) is 4.37. The number of ether oxygens (including phenoxy) is 1. The lowest BCUT2D eigenvalue weighted by molar-refractivity contribution is -0.148. The van der Waals surface area contributed by atoms with Crippen LogP contribution in [0.25, 0.3) is 0 Å². The van der Waals surface area contributed by atoms with Gasteiger partial charge in [-0.2, -0.15) is 0 Å². The molecule has 1 aliphatic carbocycles. The van der Waals surface area contributed by atoms with E-state index in [1.165, 1.54) is 0 Å². The van der Waals surface area contributed by atoms with E-state index in [0.717, 1.165) is 44.1 Å². The summed E-state index contributed by atoms with van der Waals surface area (Å²) in [4.78, 5) is 28.7. The van der Waals surface area contributed by atoms with Crippen molar-refractivity contribution in [1.82, 2.24) is 15.1 Å². The first-order valence-corrected chi connectivity index (χ1v) is 10.6. The van der Waals surface area contributed by atoms with Crippen LogP contribution in [0.15, 0.2) is 30.3 Å². The van der Waals surface area contributed by atoms with Crippen molar-refractivity contribution in [3.63, 3.8) is 0 Å². The summed E-state index contributed by atoms with van der Waals surface area (Å²) >= 11 is 0. The molecular weight excluding hydrogens is 354 g/mol. The summed E-state index contributed by atoms with van der Waals surface area (Å²) in [5.41, 5.74) is 0.925. The topological polar surface area (TPSA) is 61.9 Å². The van der Waals surface area contributed by atoms with Gasteiger partial charge in [-0.15, -0.1) is 0 Å². The fraction of sp³-hybridized carbons (Fsp3) is 0.636.